The van der Waals surface area contributed by atoms with E-state index in [9.17, 15) is 4.79 Å². The van der Waals surface area contributed by atoms with Gasteiger partial charge in [0.2, 0.25) is 0 Å². The first-order valence-electron chi connectivity index (χ1n) is 5.61. The van der Waals surface area contributed by atoms with Crippen LogP contribution in [0.4, 0.5) is 0 Å². The summed E-state index contributed by atoms with van der Waals surface area (Å²) in [5.74, 6) is -0.351. The lowest BCUT2D eigenvalue weighted by molar-refractivity contribution is 0.0600. The normalized spacial score (nSPS) is 10.1. The van der Waals surface area contributed by atoms with Gasteiger partial charge in [0.15, 0.2) is 0 Å². The number of hydrogen-bond donors (Lipinski definition) is 0. The highest BCUT2D eigenvalue weighted by Gasteiger charge is 2.12. The fraction of sp³-hybridized carbons (Fsp3) is 0.0625. The van der Waals surface area contributed by atoms with Gasteiger partial charge < -0.3 is 4.74 Å². The summed E-state index contributed by atoms with van der Waals surface area (Å²) in [5.41, 5.74) is 2.33. The number of hydrogen-bond acceptors (Lipinski definition) is 2. The van der Waals surface area contributed by atoms with Crippen molar-refractivity contribution < 1.29 is 9.53 Å². The summed E-state index contributed by atoms with van der Waals surface area (Å²) in [6.07, 6.45) is 3.46. The molecule has 0 aliphatic carbocycles. The lowest BCUT2D eigenvalue weighted by Gasteiger charge is -2.08. The first-order valence-corrected chi connectivity index (χ1v) is 5.61. The van der Waals surface area contributed by atoms with Crippen LogP contribution < -0.4 is 0 Å². The van der Waals surface area contributed by atoms with Crippen LogP contribution in [0.5, 0.6) is 0 Å². The van der Waals surface area contributed by atoms with Crippen LogP contribution in [0.15, 0.2) is 43.5 Å². The van der Waals surface area contributed by atoms with Crippen molar-refractivity contribution in [2.24, 2.45) is 0 Å². The van der Waals surface area contributed by atoms with Gasteiger partial charge in [-0.1, -0.05) is 43.5 Å². The van der Waals surface area contributed by atoms with Crippen molar-refractivity contribution >= 4 is 28.9 Å². The SMILES string of the molecule is C=Cc1cc2c(C=C)cccc2cc1C(=O)OC. The lowest BCUT2D eigenvalue weighted by atomic mass is 9.97. The average Bonchev–Trinajstić information content (AvgIpc) is 2.44. The molecule has 2 aromatic carbocycles. The quantitative estimate of drug-likeness (QED) is 0.758. The molecule has 0 N–H and O–H groups in total. The van der Waals surface area contributed by atoms with E-state index in [0.29, 0.717) is 5.56 Å². The molecule has 0 saturated heterocycles. The third-order valence-electron chi connectivity index (χ3n) is 2.93. The molecule has 0 aliphatic rings. The van der Waals surface area contributed by atoms with E-state index in [2.05, 4.69) is 13.2 Å². The Kier molecular flexibility index (Phi) is 3.28. The van der Waals surface area contributed by atoms with Gasteiger partial charge in [-0.15, -0.1) is 0 Å². The Balaban J connectivity index is 2.80. The van der Waals surface area contributed by atoms with Crippen LogP contribution in [0.1, 0.15) is 21.5 Å². The smallest absolute Gasteiger partial charge is 0.338 e. The van der Waals surface area contributed by atoms with Crippen molar-refractivity contribution in [2.75, 3.05) is 7.11 Å². The predicted molar refractivity (Wildman–Crippen MR) is 75.5 cm³/mol. The molecule has 0 unspecified atom stereocenters. The Hall–Kier alpha value is -2.35. The minimum absolute atomic E-state index is 0.351. The number of ether oxygens (including phenoxy) is 1. The van der Waals surface area contributed by atoms with Gasteiger partial charge in [0.1, 0.15) is 0 Å². The minimum atomic E-state index is -0.351. The van der Waals surface area contributed by atoms with Crippen LogP contribution in [0, 0.1) is 0 Å². The van der Waals surface area contributed by atoms with Crippen molar-refractivity contribution in [2.45, 2.75) is 0 Å². The molecule has 2 nitrogen and oxygen atoms in total. The van der Waals surface area contributed by atoms with Crippen molar-refractivity contribution in [3.63, 3.8) is 0 Å². The zero-order valence-electron chi connectivity index (χ0n) is 10.3. The molecule has 90 valence electrons. The Morgan fingerprint density at radius 1 is 1.17 bits per heavy atom. The highest BCUT2D eigenvalue weighted by atomic mass is 16.5. The van der Waals surface area contributed by atoms with Crippen molar-refractivity contribution in [1.82, 2.24) is 0 Å². The minimum Gasteiger partial charge on any atom is -0.465 e. The van der Waals surface area contributed by atoms with E-state index in [4.69, 9.17) is 4.74 Å². The number of benzene rings is 2. The van der Waals surface area contributed by atoms with E-state index >= 15 is 0 Å². The highest BCUT2D eigenvalue weighted by Crippen LogP contribution is 2.25. The van der Waals surface area contributed by atoms with Gasteiger partial charge in [-0.25, -0.2) is 4.79 Å². The van der Waals surface area contributed by atoms with Gasteiger partial charge in [0, 0.05) is 0 Å². The zero-order chi connectivity index (χ0) is 13.1. The van der Waals surface area contributed by atoms with Crippen LogP contribution in [-0.4, -0.2) is 13.1 Å². The number of methoxy groups -OCH3 is 1. The molecule has 0 radical (unpaired) electrons. The van der Waals surface area contributed by atoms with Crippen LogP contribution in [-0.2, 0) is 4.74 Å². The molecule has 0 aromatic heterocycles. The maximum Gasteiger partial charge on any atom is 0.338 e. The van der Waals surface area contributed by atoms with Gasteiger partial charge in [-0.3, -0.25) is 0 Å². The fourth-order valence-electron chi connectivity index (χ4n) is 2.00. The molecule has 0 aliphatic heterocycles. The Labute approximate surface area is 106 Å². The van der Waals surface area contributed by atoms with E-state index in [1.54, 1.807) is 12.2 Å². The second kappa shape index (κ2) is 4.88. The lowest BCUT2D eigenvalue weighted by Crippen LogP contribution is -2.03. The monoisotopic (exact) mass is 238 g/mol. The van der Waals surface area contributed by atoms with E-state index in [1.807, 2.05) is 30.3 Å². The van der Waals surface area contributed by atoms with Crippen molar-refractivity contribution in [3.05, 3.63) is 60.2 Å². The summed E-state index contributed by atoms with van der Waals surface area (Å²) in [6.45, 7) is 7.53. The molecule has 0 heterocycles. The number of fused-ring (bicyclic) bond motifs is 1. The van der Waals surface area contributed by atoms with Crippen molar-refractivity contribution in [3.8, 4) is 0 Å². The maximum atomic E-state index is 11.7. The van der Waals surface area contributed by atoms with Crippen LogP contribution in [0.25, 0.3) is 22.9 Å². The molecule has 18 heavy (non-hydrogen) atoms. The zero-order valence-corrected chi connectivity index (χ0v) is 10.3. The summed E-state index contributed by atoms with van der Waals surface area (Å²) in [7, 11) is 1.37. The maximum absolute atomic E-state index is 11.7. The highest BCUT2D eigenvalue weighted by molar-refractivity contribution is 6.01. The molecule has 0 saturated carbocycles. The summed E-state index contributed by atoms with van der Waals surface area (Å²) in [4.78, 5) is 11.7. The first kappa shape index (κ1) is 12.1. The Morgan fingerprint density at radius 2 is 1.89 bits per heavy atom. The second-order valence-corrected chi connectivity index (χ2v) is 3.91. The number of esters is 1. The molecule has 2 aromatic rings. The molecule has 0 amide bonds. The molecule has 0 bridgehead atoms. The van der Waals surface area contributed by atoms with Gasteiger partial charge >= 0.3 is 5.97 Å². The topological polar surface area (TPSA) is 26.3 Å². The molecule has 0 spiro atoms. The van der Waals surface area contributed by atoms with Gasteiger partial charge in [-0.05, 0) is 34.0 Å². The predicted octanol–water partition coefficient (Wildman–Crippen LogP) is 3.91. The van der Waals surface area contributed by atoms with Crippen LogP contribution in [0.3, 0.4) is 0 Å². The van der Waals surface area contributed by atoms with Crippen LogP contribution in [0.2, 0.25) is 0 Å². The summed E-state index contributed by atoms with van der Waals surface area (Å²) in [5, 5.41) is 2.04. The first-order chi connectivity index (χ1) is 8.71. The van der Waals surface area contributed by atoms with E-state index in [1.165, 1.54) is 7.11 Å². The molecular weight excluding hydrogens is 224 g/mol. The molecule has 0 fully saturated rings. The van der Waals surface area contributed by atoms with Crippen LogP contribution >= 0.6 is 0 Å². The standard InChI is InChI=1S/C16H14O2/c1-4-11-7-6-8-13-10-15(16(17)18-3)12(5-2)9-14(11)13/h4-10H,1-2H2,3H3. The summed E-state index contributed by atoms with van der Waals surface area (Å²) >= 11 is 0. The van der Waals surface area contributed by atoms with Crippen molar-refractivity contribution in [1.29, 1.82) is 0 Å². The van der Waals surface area contributed by atoms with E-state index < -0.39 is 0 Å². The van der Waals surface area contributed by atoms with Gasteiger partial charge in [0.05, 0.1) is 12.7 Å². The number of carbonyl (C=O) groups excluding carboxylic acids is 1. The van der Waals surface area contributed by atoms with E-state index in [-0.39, 0.29) is 5.97 Å². The molecule has 2 rings (SSSR count). The average molecular weight is 238 g/mol. The molecular formula is C16H14O2. The number of carbonyl (C=O) groups is 1. The summed E-state index contributed by atoms with van der Waals surface area (Å²) < 4.78 is 4.78. The largest absolute Gasteiger partial charge is 0.465 e. The summed E-state index contributed by atoms with van der Waals surface area (Å²) in [6, 6.07) is 9.65. The second-order valence-electron chi connectivity index (χ2n) is 3.91. The molecule has 2 heteroatoms. The Bertz CT molecular complexity index is 639. The van der Waals surface area contributed by atoms with E-state index in [0.717, 1.165) is 21.9 Å². The van der Waals surface area contributed by atoms with Gasteiger partial charge in [-0.2, -0.15) is 0 Å². The third-order valence-corrected chi connectivity index (χ3v) is 2.93. The van der Waals surface area contributed by atoms with Gasteiger partial charge in [0.25, 0.3) is 0 Å². The fourth-order valence-corrected chi connectivity index (χ4v) is 2.00. The molecule has 0 atom stereocenters. The Morgan fingerprint density at radius 3 is 2.50 bits per heavy atom. The third kappa shape index (κ3) is 1.93. The number of rotatable bonds is 3.